The summed E-state index contributed by atoms with van der Waals surface area (Å²) in [4.78, 5) is 16.0. The highest BCUT2D eigenvalue weighted by atomic mass is 35.5. The minimum Gasteiger partial charge on any atom is -0.505 e. The van der Waals surface area contributed by atoms with Crippen LogP contribution in [0.15, 0.2) is 17.2 Å². The third-order valence-electron chi connectivity index (χ3n) is 2.56. The lowest BCUT2D eigenvalue weighted by Crippen LogP contribution is -2.19. The van der Waals surface area contributed by atoms with E-state index in [0.29, 0.717) is 17.1 Å². The Morgan fingerprint density at radius 3 is 2.88 bits per heavy atom. The maximum Gasteiger partial charge on any atom is 0.262 e. The molecule has 0 amide bonds. The Hall–Kier alpha value is -1.55. The molecule has 0 spiro atoms. The zero-order valence-corrected chi connectivity index (χ0v) is 9.75. The molecule has 0 atom stereocenters. The number of fused-ring (bicyclic) bond motifs is 1. The summed E-state index contributed by atoms with van der Waals surface area (Å²) in [5.74, 6) is 0.0137. The van der Waals surface area contributed by atoms with Gasteiger partial charge in [0, 0.05) is 6.54 Å². The fraction of sp³-hybridized carbons (Fsp3) is 0.273. The molecule has 0 aliphatic rings. The Balaban J connectivity index is 3.01. The summed E-state index contributed by atoms with van der Waals surface area (Å²) in [6, 6.07) is 1.57. The quantitative estimate of drug-likeness (QED) is 0.828. The largest absolute Gasteiger partial charge is 0.505 e. The van der Waals surface area contributed by atoms with E-state index in [4.69, 9.17) is 11.6 Å². The van der Waals surface area contributed by atoms with Gasteiger partial charge in [-0.25, -0.2) is 4.98 Å². The number of rotatable bonds is 1. The van der Waals surface area contributed by atoms with Crippen molar-refractivity contribution >= 4 is 22.5 Å². The number of benzene rings is 1. The van der Waals surface area contributed by atoms with Crippen molar-refractivity contribution in [1.29, 1.82) is 0 Å². The van der Waals surface area contributed by atoms with Crippen molar-refractivity contribution < 1.29 is 5.11 Å². The predicted octanol–water partition coefficient (Wildman–Crippen LogP) is 2.08. The van der Waals surface area contributed by atoms with Gasteiger partial charge in [0.1, 0.15) is 11.3 Å². The number of halogens is 1. The topological polar surface area (TPSA) is 55.1 Å². The molecule has 1 heterocycles. The molecule has 0 unspecified atom stereocenters. The van der Waals surface area contributed by atoms with E-state index >= 15 is 0 Å². The van der Waals surface area contributed by atoms with Crippen molar-refractivity contribution in [1.82, 2.24) is 9.55 Å². The number of phenols is 1. The zero-order chi connectivity index (χ0) is 11.9. The molecule has 1 aromatic heterocycles. The Morgan fingerprint density at radius 1 is 1.56 bits per heavy atom. The highest BCUT2D eigenvalue weighted by Crippen LogP contribution is 2.30. The lowest BCUT2D eigenvalue weighted by atomic mass is 10.1. The van der Waals surface area contributed by atoms with Crippen LogP contribution in [0.2, 0.25) is 5.02 Å². The first-order valence-electron chi connectivity index (χ1n) is 4.93. The lowest BCUT2D eigenvalue weighted by Gasteiger charge is -2.07. The molecule has 16 heavy (non-hydrogen) atoms. The van der Waals surface area contributed by atoms with Crippen LogP contribution in [0.3, 0.4) is 0 Å². The van der Waals surface area contributed by atoms with Gasteiger partial charge < -0.3 is 5.11 Å². The summed E-state index contributed by atoms with van der Waals surface area (Å²) < 4.78 is 1.45. The van der Waals surface area contributed by atoms with Gasteiger partial charge in [-0.1, -0.05) is 11.6 Å². The number of phenolic OH excluding ortho intramolecular Hbond substituents is 1. The van der Waals surface area contributed by atoms with Gasteiger partial charge in [0.15, 0.2) is 0 Å². The number of aromatic nitrogens is 2. The number of hydrogen-bond donors (Lipinski definition) is 1. The number of nitrogens with zero attached hydrogens (tertiary/aromatic N) is 2. The Bertz CT molecular complexity index is 619. The molecule has 1 N–H and O–H groups in total. The smallest absolute Gasteiger partial charge is 0.262 e. The van der Waals surface area contributed by atoms with Crippen LogP contribution in [0.25, 0.3) is 10.9 Å². The molecule has 0 fully saturated rings. The van der Waals surface area contributed by atoms with Crippen LogP contribution in [0.4, 0.5) is 0 Å². The summed E-state index contributed by atoms with van der Waals surface area (Å²) in [5, 5.41) is 10.4. The van der Waals surface area contributed by atoms with Crippen LogP contribution >= 0.6 is 11.6 Å². The van der Waals surface area contributed by atoms with Gasteiger partial charge in [-0.05, 0) is 25.5 Å². The molecule has 0 bridgehead atoms. The maximum atomic E-state index is 12.0. The second kappa shape index (κ2) is 3.79. The Kier molecular flexibility index (Phi) is 2.59. The van der Waals surface area contributed by atoms with Gasteiger partial charge in [0.25, 0.3) is 5.56 Å². The molecule has 0 aliphatic heterocycles. The Labute approximate surface area is 97.1 Å². The Morgan fingerprint density at radius 2 is 2.25 bits per heavy atom. The van der Waals surface area contributed by atoms with E-state index in [1.54, 1.807) is 13.0 Å². The highest BCUT2D eigenvalue weighted by molar-refractivity contribution is 6.35. The van der Waals surface area contributed by atoms with Crippen molar-refractivity contribution in [2.75, 3.05) is 0 Å². The molecule has 5 heteroatoms. The highest BCUT2D eigenvalue weighted by Gasteiger charge is 2.13. The van der Waals surface area contributed by atoms with Crippen LogP contribution in [0.1, 0.15) is 12.5 Å². The first-order valence-corrected chi connectivity index (χ1v) is 5.31. The van der Waals surface area contributed by atoms with Crippen LogP contribution in [-0.2, 0) is 6.54 Å². The monoisotopic (exact) mass is 238 g/mol. The second-order valence-corrected chi connectivity index (χ2v) is 3.99. The molecule has 84 valence electrons. The van der Waals surface area contributed by atoms with E-state index < -0.39 is 0 Å². The third kappa shape index (κ3) is 1.46. The van der Waals surface area contributed by atoms with E-state index in [2.05, 4.69) is 4.98 Å². The SMILES string of the molecule is CCn1cnc2c(O)c(C)cc(Cl)c2c1=O. The van der Waals surface area contributed by atoms with Crippen molar-refractivity contribution in [3.63, 3.8) is 0 Å². The number of aromatic hydroxyl groups is 1. The van der Waals surface area contributed by atoms with E-state index in [-0.39, 0.29) is 22.2 Å². The van der Waals surface area contributed by atoms with Gasteiger partial charge in [-0.2, -0.15) is 0 Å². The molecule has 2 aromatic rings. The summed E-state index contributed by atoms with van der Waals surface area (Å²) in [7, 11) is 0. The molecule has 0 aliphatic carbocycles. The van der Waals surface area contributed by atoms with Crippen molar-refractivity contribution in [2.24, 2.45) is 0 Å². The maximum absolute atomic E-state index is 12.0. The zero-order valence-electron chi connectivity index (χ0n) is 8.99. The second-order valence-electron chi connectivity index (χ2n) is 3.58. The fourth-order valence-electron chi connectivity index (χ4n) is 1.63. The fourth-order valence-corrected chi connectivity index (χ4v) is 1.96. The summed E-state index contributed by atoms with van der Waals surface area (Å²) in [6.45, 7) is 4.08. The van der Waals surface area contributed by atoms with Crippen molar-refractivity contribution in [3.8, 4) is 5.75 Å². The van der Waals surface area contributed by atoms with Gasteiger partial charge in [0.05, 0.1) is 16.7 Å². The summed E-state index contributed by atoms with van der Waals surface area (Å²) >= 11 is 6.00. The van der Waals surface area contributed by atoms with E-state index in [1.807, 2.05) is 6.92 Å². The van der Waals surface area contributed by atoms with Crippen LogP contribution in [0.5, 0.6) is 5.75 Å². The predicted molar refractivity (Wildman–Crippen MR) is 63.1 cm³/mol. The molecular weight excluding hydrogens is 228 g/mol. The van der Waals surface area contributed by atoms with E-state index in [0.717, 1.165) is 0 Å². The minimum absolute atomic E-state index is 0.0137. The summed E-state index contributed by atoms with van der Waals surface area (Å²) in [6.07, 6.45) is 1.42. The average Bonchev–Trinajstić information content (AvgIpc) is 2.25. The normalized spacial score (nSPS) is 10.9. The van der Waals surface area contributed by atoms with E-state index in [1.165, 1.54) is 10.9 Å². The van der Waals surface area contributed by atoms with Gasteiger partial charge >= 0.3 is 0 Å². The van der Waals surface area contributed by atoms with E-state index in [9.17, 15) is 9.90 Å². The van der Waals surface area contributed by atoms with Crippen molar-refractivity contribution in [2.45, 2.75) is 20.4 Å². The molecule has 1 aromatic carbocycles. The summed E-state index contributed by atoms with van der Waals surface area (Å²) in [5.41, 5.74) is 0.645. The molecule has 2 rings (SSSR count). The molecule has 0 saturated heterocycles. The first kappa shape index (κ1) is 11.0. The van der Waals surface area contributed by atoms with Crippen molar-refractivity contribution in [3.05, 3.63) is 33.3 Å². The molecule has 0 radical (unpaired) electrons. The lowest BCUT2D eigenvalue weighted by molar-refractivity contribution is 0.476. The van der Waals surface area contributed by atoms with Crippen LogP contribution in [-0.4, -0.2) is 14.7 Å². The number of hydrogen-bond acceptors (Lipinski definition) is 3. The van der Waals surface area contributed by atoms with Gasteiger partial charge in [0.2, 0.25) is 0 Å². The first-order chi connectivity index (χ1) is 7.56. The van der Waals surface area contributed by atoms with Gasteiger partial charge in [-0.15, -0.1) is 0 Å². The third-order valence-corrected chi connectivity index (χ3v) is 2.86. The molecular formula is C11H11ClN2O2. The van der Waals surface area contributed by atoms with Crippen LogP contribution in [0, 0.1) is 6.92 Å². The molecule has 4 nitrogen and oxygen atoms in total. The standard InChI is InChI=1S/C11H11ClN2O2/c1-3-14-5-13-9-8(11(14)16)7(12)4-6(2)10(9)15/h4-5,15H,3H2,1-2H3. The van der Waals surface area contributed by atoms with Crippen LogP contribution < -0.4 is 5.56 Å². The van der Waals surface area contributed by atoms with Gasteiger partial charge in [-0.3, -0.25) is 9.36 Å². The number of aryl methyl sites for hydroxylation is 2. The minimum atomic E-state index is -0.229. The average molecular weight is 239 g/mol. The molecule has 0 saturated carbocycles.